The molecule has 0 aliphatic carbocycles. The minimum absolute atomic E-state index is 0.690. The van der Waals surface area contributed by atoms with Crippen LogP contribution in [0.4, 0.5) is 0 Å². The first-order valence-corrected chi connectivity index (χ1v) is 3.75. The highest BCUT2D eigenvalue weighted by atomic mass is 14.1. The predicted octanol–water partition coefficient (Wildman–Crippen LogP) is 3.24. The Labute approximate surface area is 59.0 Å². The third-order valence-corrected chi connectivity index (χ3v) is 2.27. The maximum absolute atomic E-state index is 3.92. The molecule has 0 radical (unpaired) electrons. The van der Waals surface area contributed by atoms with Crippen molar-refractivity contribution in [1.29, 1.82) is 0 Å². The van der Waals surface area contributed by atoms with E-state index in [1.807, 2.05) is 0 Å². The van der Waals surface area contributed by atoms with Crippen LogP contribution in [0.15, 0.2) is 12.2 Å². The van der Waals surface area contributed by atoms with Gasteiger partial charge in [-0.1, -0.05) is 39.3 Å². The van der Waals surface area contributed by atoms with E-state index in [0.29, 0.717) is 5.92 Å². The first kappa shape index (κ1) is 8.74. The quantitative estimate of drug-likeness (QED) is 0.509. The van der Waals surface area contributed by atoms with Crippen molar-refractivity contribution < 1.29 is 0 Å². The molecule has 0 rings (SSSR count). The zero-order valence-corrected chi connectivity index (χ0v) is 7.07. The van der Waals surface area contributed by atoms with E-state index >= 15 is 0 Å². The minimum atomic E-state index is 0.690. The van der Waals surface area contributed by atoms with Gasteiger partial charge >= 0.3 is 0 Å². The van der Waals surface area contributed by atoms with Crippen molar-refractivity contribution in [3.05, 3.63) is 12.2 Å². The van der Waals surface area contributed by atoms with Crippen LogP contribution in [0, 0.1) is 11.8 Å². The van der Waals surface area contributed by atoms with Gasteiger partial charge in [0.2, 0.25) is 0 Å². The van der Waals surface area contributed by atoms with Crippen molar-refractivity contribution in [3.8, 4) is 0 Å². The molecule has 0 bridgehead atoms. The molecule has 0 aliphatic heterocycles. The Bertz CT molecular complexity index is 92.2. The third-order valence-electron chi connectivity index (χ3n) is 2.27. The molecule has 0 aliphatic rings. The van der Waals surface area contributed by atoms with Crippen LogP contribution in [0.1, 0.15) is 34.1 Å². The molecule has 0 spiro atoms. The van der Waals surface area contributed by atoms with E-state index in [0.717, 1.165) is 5.92 Å². The minimum Gasteiger partial charge on any atom is -0.0999 e. The Kier molecular flexibility index (Phi) is 3.60. The topological polar surface area (TPSA) is 0 Å². The van der Waals surface area contributed by atoms with E-state index in [9.17, 15) is 0 Å². The lowest BCUT2D eigenvalue weighted by Gasteiger charge is -2.17. The second kappa shape index (κ2) is 3.71. The summed E-state index contributed by atoms with van der Waals surface area (Å²) in [4.78, 5) is 0. The molecule has 0 heteroatoms. The van der Waals surface area contributed by atoms with Crippen LogP contribution in [0.2, 0.25) is 0 Å². The van der Waals surface area contributed by atoms with Gasteiger partial charge in [0, 0.05) is 0 Å². The Hall–Kier alpha value is -0.260. The molecule has 0 amide bonds. The largest absolute Gasteiger partial charge is 0.0999 e. The summed E-state index contributed by atoms with van der Waals surface area (Å²) < 4.78 is 0. The van der Waals surface area contributed by atoms with E-state index in [-0.39, 0.29) is 0 Å². The third kappa shape index (κ3) is 2.69. The number of rotatable bonds is 3. The van der Waals surface area contributed by atoms with E-state index < -0.39 is 0 Å². The standard InChI is InChI=1S/C9H18/c1-6-8(4)9(5)7(2)3/h8-9H,2,6H2,1,3-5H3/t8-,9?/m0/s1. The first-order valence-electron chi connectivity index (χ1n) is 3.75. The second-order valence-electron chi connectivity index (χ2n) is 3.02. The molecule has 54 valence electrons. The summed E-state index contributed by atoms with van der Waals surface area (Å²) in [5, 5.41) is 0. The normalized spacial score (nSPS) is 16.9. The zero-order valence-electron chi connectivity index (χ0n) is 7.07. The molecule has 0 heterocycles. The average molecular weight is 126 g/mol. The lowest BCUT2D eigenvalue weighted by Crippen LogP contribution is -2.06. The number of allylic oxidation sites excluding steroid dienone is 1. The summed E-state index contributed by atoms with van der Waals surface area (Å²) in [6.45, 7) is 12.8. The van der Waals surface area contributed by atoms with Gasteiger partial charge in [-0.3, -0.25) is 0 Å². The fraction of sp³-hybridized carbons (Fsp3) is 0.778. The van der Waals surface area contributed by atoms with E-state index in [4.69, 9.17) is 0 Å². The molecule has 0 fully saturated rings. The Morgan fingerprint density at radius 2 is 1.89 bits per heavy atom. The zero-order chi connectivity index (χ0) is 7.44. The molecule has 0 saturated heterocycles. The fourth-order valence-electron chi connectivity index (χ4n) is 0.839. The van der Waals surface area contributed by atoms with Gasteiger partial charge in [-0.15, -0.1) is 0 Å². The molecular weight excluding hydrogens is 108 g/mol. The molecule has 0 saturated carbocycles. The molecule has 0 aromatic heterocycles. The summed E-state index contributed by atoms with van der Waals surface area (Å²) in [5.74, 6) is 1.48. The van der Waals surface area contributed by atoms with Gasteiger partial charge in [-0.25, -0.2) is 0 Å². The van der Waals surface area contributed by atoms with Crippen LogP contribution in [0.3, 0.4) is 0 Å². The van der Waals surface area contributed by atoms with Crippen molar-refractivity contribution in [2.45, 2.75) is 34.1 Å². The van der Waals surface area contributed by atoms with Crippen molar-refractivity contribution >= 4 is 0 Å². The second-order valence-corrected chi connectivity index (χ2v) is 3.02. The van der Waals surface area contributed by atoms with Gasteiger partial charge < -0.3 is 0 Å². The van der Waals surface area contributed by atoms with Gasteiger partial charge in [0.05, 0.1) is 0 Å². The van der Waals surface area contributed by atoms with Crippen LogP contribution < -0.4 is 0 Å². The van der Waals surface area contributed by atoms with Gasteiger partial charge in [-0.2, -0.15) is 0 Å². The highest BCUT2D eigenvalue weighted by Gasteiger charge is 2.09. The van der Waals surface area contributed by atoms with E-state index in [1.54, 1.807) is 0 Å². The summed E-state index contributed by atoms with van der Waals surface area (Å²) in [6, 6.07) is 0. The van der Waals surface area contributed by atoms with E-state index in [1.165, 1.54) is 12.0 Å². The van der Waals surface area contributed by atoms with Crippen LogP contribution in [0.5, 0.6) is 0 Å². The smallest absolute Gasteiger partial charge is 0.0211 e. The van der Waals surface area contributed by atoms with E-state index in [2.05, 4.69) is 34.3 Å². The van der Waals surface area contributed by atoms with Crippen molar-refractivity contribution in [1.82, 2.24) is 0 Å². The van der Waals surface area contributed by atoms with Crippen molar-refractivity contribution in [2.24, 2.45) is 11.8 Å². The summed E-state index contributed by atoms with van der Waals surface area (Å²) in [6.07, 6.45) is 1.26. The maximum atomic E-state index is 3.92. The van der Waals surface area contributed by atoms with Gasteiger partial charge in [0.1, 0.15) is 0 Å². The fourth-order valence-corrected chi connectivity index (χ4v) is 0.839. The highest BCUT2D eigenvalue weighted by Crippen LogP contribution is 2.20. The van der Waals surface area contributed by atoms with Crippen molar-refractivity contribution in [2.75, 3.05) is 0 Å². The van der Waals surface area contributed by atoms with Crippen LogP contribution in [0.25, 0.3) is 0 Å². The first-order chi connectivity index (χ1) is 4.09. The predicted molar refractivity (Wildman–Crippen MR) is 43.4 cm³/mol. The molecule has 0 N–H and O–H groups in total. The number of hydrogen-bond acceptors (Lipinski definition) is 0. The summed E-state index contributed by atoms with van der Waals surface area (Å²) >= 11 is 0. The monoisotopic (exact) mass is 126 g/mol. The van der Waals surface area contributed by atoms with Crippen molar-refractivity contribution in [3.63, 3.8) is 0 Å². The average Bonchev–Trinajstić information content (AvgIpc) is 1.84. The Balaban J connectivity index is 3.72. The molecular formula is C9H18. The van der Waals surface area contributed by atoms with Gasteiger partial charge in [0.15, 0.2) is 0 Å². The summed E-state index contributed by atoms with van der Waals surface area (Å²) in [7, 11) is 0. The molecule has 9 heavy (non-hydrogen) atoms. The molecule has 1 unspecified atom stereocenters. The summed E-state index contributed by atoms with van der Waals surface area (Å²) in [5.41, 5.74) is 1.31. The van der Waals surface area contributed by atoms with Crippen LogP contribution >= 0.6 is 0 Å². The highest BCUT2D eigenvalue weighted by molar-refractivity contribution is 4.95. The lowest BCUT2D eigenvalue weighted by molar-refractivity contribution is 0.428. The van der Waals surface area contributed by atoms with Gasteiger partial charge in [0.25, 0.3) is 0 Å². The molecule has 2 atom stereocenters. The molecule has 0 aromatic rings. The molecule has 0 nitrogen and oxygen atoms in total. The molecule has 0 aromatic carbocycles. The SMILES string of the molecule is C=C(C)C(C)[C@@H](C)CC. The number of hydrogen-bond donors (Lipinski definition) is 0. The Morgan fingerprint density at radius 3 is 2.00 bits per heavy atom. The van der Waals surface area contributed by atoms with Gasteiger partial charge in [-0.05, 0) is 18.8 Å². The lowest BCUT2D eigenvalue weighted by atomic mass is 9.89. The van der Waals surface area contributed by atoms with Crippen LogP contribution in [-0.2, 0) is 0 Å². The van der Waals surface area contributed by atoms with Crippen LogP contribution in [-0.4, -0.2) is 0 Å². The Morgan fingerprint density at radius 1 is 1.44 bits per heavy atom. The maximum Gasteiger partial charge on any atom is -0.0211 e.